The standard InChI is InChI=1S/C15H25N3O/c1-4-18(14-7-5-13(16)6-8-14)11-15(19)17-10-9-12(2)3/h5-8,12H,4,9-11,16H2,1-3H3,(H,17,19). The van der Waals surface area contributed by atoms with Gasteiger partial charge in [0, 0.05) is 24.5 Å². The van der Waals surface area contributed by atoms with Crippen LogP contribution >= 0.6 is 0 Å². The van der Waals surface area contributed by atoms with Crippen LogP contribution < -0.4 is 16.0 Å². The Morgan fingerprint density at radius 3 is 2.47 bits per heavy atom. The van der Waals surface area contributed by atoms with Crippen molar-refractivity contribution in [2.24, 2.45) is 5.92 Å². The zero-order valence-electron chi connectivity index (χ0n) is 12.1. The molecule has 1 aromatic rings. The molecule has 0 atom stereocenters. The van der Waals surface area contributed by atoms with Crippen LogP contribution in [-0.2, 0) is 4.79 Å². The average molecular weight is 263 g/mol. The normalized spacial score (nSPS) is 10.5. The van der Waals surface area contributed by atoms with E-state index in [0.717, 1.165) is 30.9 Å². The Kier molecular flexibility index (Phi) is 6.19. The highest BCUT2D eigenvalue weighted by atomic mass is 16.2. The molecular weight excluding hydrogens is 238 g/mol. The Balaban J connectivity index is 2.47. The molecule has 0 saturated carbocycles. The first kappa shape index (κ1) is 15.3. The molecule has 0 saturated heterocycles. The molecule has 0 fully saturated rings. The number of benzene rings is 1. The topological polar surface area (TPSA) is 58.4 Å². The number of rotatable bonds is 7. The molecule has 0 bridgehead atoms. The van der Waals surface area contributed by atoms with E-state index in [4.69, 9.17) is 5.73 Å². The summed E-state index contributed by atoms with van der Waals surface area (Å²) in [6, 6.07) is 7.60. The second-order valence-electron chi connectivity index (χ2n) is 5.14. The molecule has 0 aromatic heterocycles. The highest BCUT2D eigenvalue weighted by Crippen LogP contribution is 2.15. The van der Waals surface area contributed by atoms with Crippen LogP contribution in [0.3, 0.4) is 0 Å². The lowest BCUT2D eigenvalue weighted by atomic mass is 10.1. The summed E-state index contributed by atoms with van der Waals surface area (Å²) < 4.78 is 0. The predicted molar refractivity (Wildman–Crippen MR) is 81.2 cm³/mol. The third kappa shape index (κ3) is 5.64. The molecule has 1 aromatic carbocycles. The summed E-state index contributed by atoms with van der Waals surface area (Å²) >= 11 is 0. The Bertz CT molecular complexity index is 387. The van der Waals surface area contributed by atoms with Crippen LogP contribution in [0.1, 0.15) is 27.2 Å². The van der Waals surface area contributed by atoms with E-state index in [1.54, 1.807) is 0 Å². The van der Waals surface area contributed by atoms with Gasteiger partial charge < -0.3 is 16.0 Å². The molecule has 1 rings (SSSR count). The van der Waals surface area contributed by atoms with Gasteiger partial charge in [-0.25, -0.2) is 0 Å². The van der Waals surface area contributed by atoms with Gasteiger partial charge in [0.15, 0.2) is 0 Å². The molecule has 0 unspecified atom stereocenters. The van der Waals surface area contributed by atoms with Gasteiger partial charge in [-0.2, -0.15) is 0 Å². The van der Waals surface area contributed by atoms with Gasteiger partial charge in [0.2, 0.25) is 5.91 Å². The van der Waals surface area contributed by atoms with Crippen molar-refractivity contribution in [2.75, 3.05) is 30.3 Å². The quantitative estimate of drug-likeness (QED) is 0.742. The maximum Gasteiger partial charge on any atom is 0.239 e. The number of nitrogen functional groups attached to an aromatic ring is 1. The van der Waals surface area contributed by atoms with Crippen LogP contribution in [0.2, 0.25) is 0 Å². The van der Waals surface area contributed by atoms with Crippen molar-refractivity contribution < 1.29 is 4.79 Å². The van der Waals surface area contributed by atoms with E-state index in [1.165, 1.54) is 0 Å². The van der Waals surface area contributed by atoms with E-state index in [0.29, 0.717) is 12.5 Å². The first-order chi connectivity index (χ1) is 9.02. The Labute approximate surface area is 116 Å². The fourth-order valence-corrected chi connectivity index (χ4v) is 1.80. The fraction of sp³-hybridized carbons (Fsp3) is 0.533. The Morgan fingerprint density at radius 2 is 1.95 bits per heavy atom. The number of carbonyl (C=O) groups excluding carboxylic acids is 1. The maximum atomic E-state index is 11.9. The van der Waals surface area contributed by atoms with Crippen molar-refractivity contribution in [3.63, 3.8) is 0 Å². The molecule has 4 nitrogen and oxygen atoms in total. The molecule has 3 N–H and O–H groups in total. The summed E-state index contributed by atoms with van der Waals surface area (Å²) in [5, 5.41) is 2.95. The number of nitrogens with zero attached hydrogens (tertiary/aromatic N) is 1. The van der Waals surface area contributed by atoms with Crippen molar-refractivity contribution in [3.8, 4) is 0 Å². The van der Waals surface area contributed by atoms with E-state index in [1.807, 2.05) is 36.1 Å². The molecule has 0 aliphatic rings. The van der Waals surface area contributed by atoms with Gasteiger partial charge in [0.05, 0.1) is 6.54 Å². The van der Waals surface area contributed by atoms with Crippen LogP contribution in [-0.4, -0.2) is 25.5 Å². The molecule has 0 aliphatic heterocycles. The smallest absolute Gasteiger partial charge is 0.239 e. The molecule has 0 aliphatic carbocycles. The summed E-state index contributed by atoms with van der Waals surface area (Å²) in [6.07, 6.45) is 1.01. The summed E-state index contributed by atoms with van der Waals surface area (Å²) in [5.74, 6) is 0.680. The maximum absolute atomic E-state index is 11.9. The molecule has 1 amide bonds. The Morgan fingerprint density at radius 1 is 1.32 bits per heavy atom. The number of amides is 1. The highest BCUT2D eigenvalue weighted by molar-refractivity contribution is 5.81. The van der Waals surface area contributed by atoms with Crippen molar-refractivity contribution in [2.45, 2.75) is 27.2 Å². The van der Waals surface area contributed by atoms with Crippen molar-refractivity contribution in [1.29, 1.82) is 0 Å². The minimum Gasteiger partial charge on any atom is -0.399 e. The number of anilines is 2. The lowest BCUT2D eigenvalue weighted by Gasteiger charge is -2.22. The number of nitrogens with one attached hydrogen (secondary N) is 1. The van der Waals surface area contributed by atoms with Crippen LogP contribution in [0.5, 0.6) is 0 Å². The number of hydrogen-bond acceptors (Lipinski definition) is 3. The van der Waals surface area contributed by atoms with Crippen LogP contribution in [0.25, 0.3) is 0 Å². The van der Waals surface area contributed by atoms with Crippen LogP contribution in [0.4, 0.5) is 11.4 Å². The number of hydrogen-bond donors (Lipinski definition) is 2. The second kappa shape index (κ2) is 7.67. The van der Waals surface area contributed by atoms with E-state index in [9.17, 15) is 4.79 Å². The third-order valence-corrected chi connectivity index (χ3v) is 3.02. The fourth-order valence-electron chi connectivity index (χ4n) is 1.80. The molecular formula is C15H25N3O. The molecule has 4 heteroatoms. The van der Waals surface area contributed by atoms with Crippen molar-refractivity contribution in [1.82, 2.24) is 5.32 Å². The van der Waals surface area contributed by atoms with E-state index in [-0.39, 0.29) is 5.91 Å². The number of nitrogens with two attached hydrogens (primary N) is 1. The lowest BCUT2D eigenvalue weighted by Crippen LogP contribution is -2.37. The first-order valence-corrected chi connectivity index (χ1v) is 6.90. The third-order valence-electron chi connectivity index (χ3n) is 3.02. The van der Waals surface area contributed by atoms with Gasteiger partial charge in [-0.05, 0) is 43.5 Å². The van der Waals surface area contributed by atoms with Crippen molar-refractivity contribution >= 4 is 17.3 Å². The molecule has 0 spiro atoms. The van der Waals surface area contributed by atoms with E-state index < -0.39 is 0 Å². The molecule has 0 radical (unpaired) electrons. The van der Waals surface area contributed by atoms with E-state index >= 15 is 0 Å². The Hall–Kier alpha value is -1.71. The zero-order valence-corrected chi connectivity index (χ0v) is 12.1. The molecule has 0 heterocycles. The van der Waals surface area contributed by atoms with Crippen LogP contribution in [0, 0.1) is 5.92 Å². The predicted octanol–water partition coefficient (Wildman–Crippen LogP) is 2.26. The zero-order chi connectivity index (χ0) is 14.3. The summed E-state index contributed by atoms with van der Waals surface area (Å²) in [7, 11) is 0. The van der Waals surface area contributed by atoms with Gasteiger partial charge in [0.25, 0.3) is 0 Å². The molecule has 106 valence electrons. The van der Waals surface area contributed by atoms with Gasteiger partial charge in [-0.15, -0.1) is 0 Å². The van der Waals surface area contributed by atoms with Crippen LogP contribution in [0.15, 0.2) is 24.3 Å². The SMILES string of the molecule is CCN(CC(=O)NCCC(C)C)c1ccc(N)cc1. The minimum atomic E-state index is 0.0688. The van der Waals surface area contributed by atoms with E-state index in [2.05, 4.69) is 19.2 Å². The summed E-state index contributed by atoms with van der Waals surface area (Å²) in [5.41, 5.74) is 7.43. The largest absolute Gasteiger partial charge is 0.399 e. The second-order valence-corrected chi connectivity index (χ2v) is 5.14. The van der Waals surface area contributed by atoms with Crippen molar-refractivity contribution in [3.05, 3.63) is 24.3 Å². The van der Waals surface area contributed by atoms with Gasteiger partial charge in [-0.1, -0.05) is 13.8 Å². The molecule has 19 heavy (non-hydrogen) atoms. The average Bonchev–Trinajstić information content (AvgIpc) is 2.36. The van der Waals surface area contributed by atoms with Gasteiger partial charge >= 0.3 is 0 Å². The number of carbonyl (C=O) groups is 1. The van der Waals surface area contributed by atoms with Gasteiger partial charge in [-0.3, -0.25) is 4.79 Å². The summed E-state index contributed by atoms with van der Waals surface area (Å²) in [6.45, 7) is 8.27. The lowest BCUT2D eigenvalue weighted by molar-refractivity contribution is -0.119. The monoisotopic (exact) mass is 263 g/mol. The van der Waals surface area contributed by atoms with Gasteiger partial charge in [0.1, 0.15) is 0 Å². The minimum absolute atomic E-state index is 0.0688. The number of likely N-dealkylation sites (N-methyl/N-ethyl adjacent to an activating group) is 1. The summed E-state index contributed by atoms with van der Waals surface area (Å²) in [4.78, 5) is 13.9. The first-order valence-electron chi connectivity index (χ1n) is 6.90. The highest BCUT2D eigenvalue weighted by Gasteiger charge is 2.09.